The molecule has 1 fully saturated rings. The molecule has 0 aromatic heterocycles. The topological polar surface area (TPSA) is 32.3 Å². The second-order valence-electron chi connectivity index (χ2n) is 5.41. The van der Waals surface area contributed by atoms with Crippen LogP contribution in [-0.2, 0) is 11.2 Å². The summed E-state index contributed by atoms with van der Waals surface area (Å²) in [5.74, 6) is 0.792. The van der Waals surface area contributed by atoms with Crippen LogP contribution in [-0.4, -0.2) is 18.1 Å². The summed E-state index contributed by atoms with van der Waals surface area (Å²) >= 11 is 0. The van der Waals surface area contributed by atoms with E-state index in [1.165, 1.54) is 5.56 Å². The van der Waals surface area contributed by atoms with E-state index in [2.05, 4.69) is 25.2 Å². The number of hydrogen-bond acceptors (Lipinski definition) is 2. The Kier molecular flexibility index (Phi) is 2.44. The highest BCUT2D eigenvalue weighted by Gasteiger charge is 2.44. The van der Waals surface area contributed by atoms with E-state index in [1.54, 1.807) is 0 Å². The lowest BCUT2D eigenvalue weighted by molar-refractivity contribution is -0.118. The van der Waals surface area contributed by atoms with Gasteiger partial charge in [-0.25, -0.2) is 0 Å². The van der Waals surface area contributed by atoms with Crippen molar-refractivity contribution in [2.45, 2.75) is 38.9 Å². The second-order valence-corrected chi connectivity index (χ2v) is 5.41. The Balaban J connectivity index is 1.87. The molecule has 1 amide bonds. The maximum Gasteiger partial charge on any atom is 0.245 e. The monoisotopic (exact) mass is 230 g/mol. The highest BCUT2D eigenvalue weighted by molar-refractivity contribution is 6.01. The smallest absolute Gasteiger partial charge is 0.245 e. The summed E-state index contributed by atoms with van der Waals surface area (Å²) in [5, 5.41) is 3.46. The first-order valence-electron chi connectivity index (χ1n) is 6.34. The first-order valence-corrected chi connectivity index (χ1v) is 6.34. The number of carbonyl (C=O) groups is 1. The molecular weight excluding hydrogens is 212 g/mol. The minimum atomic E-state index is 0.00774. The van der Waals surface area contributed by atoms with E-state index in [4.69, 9.17) is 0 Å². The third-order valence-electron chi connectivity index (χ3n) is 3.61. The first kappa shape index (κ1) is 10.8. The zero-order chi connectivity index (χ0) is 12.0. The van der Waals surface area contributed by atoms with Gasteiger partial charge in [-0.1, -0.05) is 32.0 Å². The molecule has 0 spiro atoms. The second kappa shape index (κ2) is 3.84. The minimum Gasteiger partial charge on any atom is -0.294 e. The fraction of sp³-hybridized carbons (Fsp3) is 0.500. The molecular formula is C14H18N2O. The van der Waals surface area contributed by atoms with Gasteiger partial charge >= 0.3 is 0 Å². The van der Waals surface area contributed by atoms with Crippen molar-refractivity contribution in [2.75, 3.05) is 4.90 Å². The summed E-state index contributed by atoms with van der Waals surface area (Å²) in [7, 11) is 0. The van der Waals surface area contributed by atoms with E-state index in [-0.39, 0.29) is 18.1 Å². The number of hydrogen-bond donors (Lipinski definition) is 1. The largest absolute Gasteiger partial charge is 0.294 e. The van der Waals surface area contributed by atoms with E-state index in [0.717, 1.165) is 18.5 Å². The van der Waals surface area contributed by atoms with Gasteiger partial charge in [0.25, 0.3) is 0 Å². The molecule has 1 saturated heterocycles. The maximum atomic E-state index is 12.3. The van der Waals surface area contributed by atoms with Crippen LogP contribution in [0.3, 0.4) is 0 Å². The molecule has 2 heterocycles. The lowest BCUT2D eigenvalue weighted by Crippen LogP contribution is -2.34. The number of fused-ring (bicyclic) bond motifs is 3. The van der Waals surface area contributed by atoms with Gasteiger partial charge in [0.15, 0.2) is 0 Å². The van der Waals surface area contributed by atoms with Crippen LogP contribution in [0.15, 0.2) is 24.3 Å². The number of carbonyl (C=O) groups excluding carboxylic acids is 1. The fourth-order valence-corrected chi connectivity index (χ4v) is 2.90. The number of rotatable bonds is 2. The van der Waals surface area contributed by atoms with Crippen molar-refractivity contribution in [3.63, 3.8) is 0 Å². The van der Waals surface area contributed by atoms with Crippen molar-refractivity contribution in [1.29, 1.82) is 0 Å². The zero-order valence-electron chi connectivity index (χ0n) is 10.3. The third-order valence-corrected chi connectivity index (χ3v) is 3.61. The molecule has 3 rings (SSSR count). The standard InChI is InChI=1S/C14H18N2O/c1-9(2)7-11-14(17)16-12-6-4-3-5-10(12)8-13(16)15-11/h3-6,9,11,13,15H,7-8H2,1-2H3. The van der Waals surface area contributed by atoms with E-state index in [9.17, 15) is 4.79 Å². The molecule has 0 aliphatic carbocycles. The fourth-order valence-electron chi connectivity index (χ4n) is 2.90. The van der Waals surface area contributed by atoms with Gasteiger partial charge in [-0.05, 0) is 24.0 Å². The molecule has 17 heavy (non-hydrogen) atoms. The Morgan fingerprint density at radius 3 is 2.94 bits per heavy atom. The lowest BCUT2D eigenvalue weighted by Gasteiger charge is -2.15. The Morgan fingerprint density at radius 2 is 2.18 bits per heavy atom. The number of benzene rings is 1. The summed E-state index contributed by atoms with van der Waals surface area (Å²) in [6, 6.07) is 8.21. The molecule has 2 atom stereocenters. The van der Waals surface area contributed by atoms with Gasteiger partial charge in [0.2, 0.25) is 5.91 Å². The first-order chi connectivity index (χ1) is 8.16. The van der Waals surface area contributed by atoms with Gasteiger partial charge in [0.05, 0.1) is 12.2 Å². The summed E-state index contributed by atoms with van der Waals surface area (Å²) in [6.07, 6.45) is 2.05. The van der Waals surface area contributed by atoms with Crippen LogP contribution < -0.4 is 10.2 Å². The molecule has 90 valence electrons. The van der Waals surface area contributed by atoms with E-state index in [1.807, 2.05) is 23.1 Å². The van der Waals surface area contributed by atoms with Crippen molar-refractivity contribution in [1.82, 2.24) is 5.32 Å². The highest BCUT2D eigenvalue weighted by Crippen LogP contribution is 2.35. The summed E-state index contributed by atoms with van der Waals surface area (Å²) in [6.45, 7) is 4.32. The van der Waals surface area contributed by atoms with Gasteiger partial charge in [-0.15, -0.1) is 0 Å². The van der Waals surface area contributed by atoms with Crippen LogP contribution in [0.4, 0.5) is 5.69 Å². The molecule has 2 aliphatic rings. The van der Waals surface area contributed by atoms with E-state index >= 15 is 0 Å². The lowest BCUT2D eigenvalue weighted by atomic mass is 10.0. The number of nitrogens with one attached hydrogen (secondary N) is 1. The van der Waals surface area contributed by atoms with E-state index < -0.39 is 0 Å². The Bertz CT molecular complexity index is 455. The van der Waals surface area contributed by atoms with Crippen molar-refractivity contribution in [3.8, 4) is 0 Å². The number of para-hydroxylation sites is 1. The van der Waals surface area contributed by atoms with Crippen LogP contribution in [0.1, 0.15) is 25.8 Å². The molecule has 1 N–H and O–H groups in total. The van der Waals surface area contributed by atoms with Crippen molar-refractivity contribution in [2.24, 2.45) is 5.92 Å². The van der Waals surface area contributed by atoms with Crippen molar-refractivity contribution in [3.05, 3.63) is 29.8 Å². The van der Waals surface area contributed by atoms with Gasteiger partial charge in [-0.2, -0.15) is 0 Å². The highest BCUT2D eigenvalue weighted by atomic mass is 16.2. The van der Waals surface area contributed by atoms with Crippen molar-refractivity contribution < 1.29 is 4.79 Å². The summed E-state index contributed by atoms with van der Waals surface area (Å²) < 4.78 is 0. The molecule has 3 heteroatoms. The third kappa shape index (κ3) is 1.65. The Hall–Kier alpha value is -1.35. The molecule has 1 aromatic carbocycles. The average molecular weight is 230 g/mol. The predicted octanol–water partition coefficient (Wildman–Crippen LogP) is 1.92. The van der Waals surface area contributed by atoms with Crippen LogP contribution in [0.25, 0.3) is 0 Å². The Morgan fingerprint density at radius 1 is 1.41 bits per heavy atom. The average Bonchev–Trinajstić information content (AvgIpc) is 2.76. The number of amides is 1. The van der Waals surface area contributed by atoms with Crippen LogP contribution >= 0.6 is 0 Å². The number of nitrogens with zero attached hydrogens (tertiary/aromatic N) is 1. The SMILES string of the molecule is CC(C)CC1NC2Cc3ccccc3N2C1=O. The summed E-state index contributed by atoms with van der Waals surface area (Å²) in [5.41, 5.74) is 2.38. The van der Waals surface area contributed by atoms with Gasteiger partial charge < -0.3 is 0 Å². The molecule has 0 bridgehead atoms. The van der Waals surface area contributed by atoms with Crippen LogP contribution in [0.5, 0.6) is 0 Å². The quantitative estimate of drug-likeness (QED) is 0.842. The number of anilines is 1. The minimum absolute atomic E-state index is 0.00774. The molecule has 0 radical (unpaired) electrons. The predicted molar refractivity (Wildman–Crippen MR) is 67.8 cm³/mol. The normalized spacial score (nSPS) is 26.5. The molecule has 1 aromatic rings. The summed E-state index contributed by atoms with van der Waals surface area (Å²) in [4.78, 5) is 14.3. The van der Waals surface area contributed by atoms with E-state index in [0.29, 0.717) is 5.92 Å². The molecule has 3 nitrogen and oxygen atoms in total. The van der Waals surface area contributed by atoms with Crippen LogP contribution in [0.2, 0.25) is 0 Å². The molecule has 0 saturated carbocycles. The van der Waals surface area contributed by atoms with Gasteiger partial charge in [0.1, 0.15) is 0 Å². The van der Waals surface area contributed by atoms with Crippen molar-refractivity contribution >= 4 is 11.6 Å². The Labute approximate surface area is 102 Å². The zero-order valence-corrected chi connectivity index (χ0v) is 10.3. The maximum absolute atomic E-state index is 12.3. The molecule has 2 aliphatic heterocycles. The molecule has 2 unspecified atom stereocenters. The van der Waals surface area contributed by atoms with Crippen LogP contribution in [0, 0.1) is 5.92 Å². The van der Waals surface area contributed by atoms with Gasteiger partial charge in [0, 0.05) is 12.1 Å². The van der Waals surface area contributed by atoms with Gasteiger partial charge in [-0.3, -0.25) is 15.0 Å².